The van der Waals surface area contributed by atoms with Gasteiger partial charge in [-0.1, -0.05) is 6.07 Å². The van der Waals surface area contributed by atoms with E-state index < -0.39 is 30.2 Å². The van der Waals surface area contributed by atoms with Crippen molar-refractivity contribution in [1.29, 1.82) is 0 Å². The Hall–Kier alpha value is -2.37. The van der Waals surface area contributed by atoms with E-state index in [4.69, 9.17) is 10.8 Å². The number of fused-ring (bicyclic) bond motifs is 1. The van der Waals surface area contributed by atoms with Crippen LogP contribution < -0.4 is 11.1 Å². The Labute approximate surface area is 116 Å². The molecule has 1 aromatic rings. The van der Waals surface area contributed by atoms with Gasteiger partial charge in [0.05, 0.1) is 6.42 Å². The van der Waals surface area contributed by atoms with Gasteiger partial charge in [-0.25, -0.2) is 4.79 Å². The van der Waals surface area contributed by atoms with Crippen molar-refractivity contribution in [3.8, 4) is 0 Å². The van der Waals surface area contributed by atoms with Crippen LogP contribution in [0, 0.1) is 0 Å². The molecule has 6 heteroatoms. The molecule has 4 N–H and O–H groups in total. The zero-order valence-corrected chi connectivity index (χ0v) is 10.9. The fraction of sp³-hybridized carbons (Fsp3) is 0.357. The van der Waals surface area contributed by atoms with Crippen molar-refractivity contribution in [3.05, 3.63) is 34.9 Å². The molecule has 0 radical (unpaired) electrons. The number of benzene rings is 1. The Morgan fingerprint density at radius 2 is 1.95 bits per heavy atom. The molecule has 0 saturated carbocycles. The molecular weight excluding hydrogens is 260 g/mol. The largest absolute Gasteiger partial charge is 0.480 e. The van der Waals surface area contributed by atoms with Crippen LogP contribution in [0.2, 0.25) is 0 Å². The second-order valence-electron chi connectivity index (χ2n) is 4.87. The maximum Gasteiger partial charge on any atom is 0.326 e. The van der Waals surface area contributed by atoms with Crippen molar-refractivity contribution in [1.82, 2.24) is 5.32 Å². The van der Waals surface area contributed by atoms with E-state index in [-0.39, 0.29) is 0 Å². The van der Waals surface area contributed by atoms with Crippen molar-refractivity contribution in [2.45, 2.75) is 31.7 Å². The molecular formula is C14H16N2O4. The molecule has 0 aliphatic heterocycles. The fourth-order valence-electron chi connectivity index (χ4n) is 2.36. The van der Waals surface area contributed by atoms with Crippen LogP contribution in [-0.2, 0) is 22.4 Å². The molecule has 2 amide bonds. The highest BCUT2D eigenvalue weighted by Crippen LogP contribution is 2.22. The number of primary amides is 1. The van der Waals surface area contributed by atoms with Crippen LogP contribution in [-0.4, -0.2) is 28.9 Å². The second-order valence-corrected chi connectivity index (χ2v) is 4.87. The molecule has 0 aromatic heterocycles. The lowest BCUT2D eigenvalue weighted by Gasteiger charge is -2.13. The number of carboxylic acid groups (broad SMARTS) is 1. The molecule has 0 bridgehead atoms. The Morgan fingerprint density at radius 1 is 1.25 bits per heavy atom. The summed E-state index contributed by atoms with van der Waals surface area (Å²) in [7, 11) is 0. The summed E-state index contributed by atoms with van der Waals surface area (Å²) < 4.78 is 0. The van der Waals surface area contributed by atoms with Crippen LogP contribution in [0.5, 0.6) is 0 Å². The fourth-order valence-corrected chi connectivity index (χ4v) is 2.36. The van der Waals surface area contributed by atoms with Gasteiger partial charge in [-0.15, -0.1) is 0 Å². The zero-order valence-electron chi connectivity index (χ0n) is 10.9. The predicted molar refractivity (Wildman–Crippen MR) is 71.2 cm³/mol. The first kappa shape index (κ1) is 14.0. The summed E-state index contributed by atoms with van der Waals surface area (Å²) in [6.07, 6.45) is 2.59. The van der Waals surface area contributed by atoms with Crippen molar-refractivity contribution in [3.63, 3.8) is 0 Å². The average molecular weight is 276 g/mol. The second kappa shape index (κ2) is 5.73. The minimum absolute atomic E-state index is 0.404. The lowest BCUT2D eigenvalue weighted by atomic mass is 10.1. The first-order valence-electron chi connectivity index (χ1n) is 6.41. The van der Waals surface area contributed by atoms with Gasteiger partial charge in [0.1, 0.15) is 6.04 Å². The lowest BCUT2D eigenvalue weighted by Crippen LogP contribution is -2.43. The molecule has 106 valence electrons. The number of carbonyl (C=O) groups is 3. The summed E-state index contributed by atoms with van der Waals surface area (Å²) >= 11 is 0. The number of hydrogen-bond donors (Lipinski definition) is 3. The number of amides is 2. The summed E-state index contributed by atoms with van der Waals surface area (Å²) in [5.41, 5.74) is 7.72. The third kappa shape index (κ3) is 3.14. The van der Waals surface area contributed by atoms with E-state index >= 15 is 0 Å². The zero-order chi connectivity index (χ0) is 14.7. The normalized spacial score (nSPS) is 14.4. The molecule has 2 rings (SSSR count). The Balaban J connectivity index is 2.10. The molecule has 0 spiro atoms. The molecule has 6 nitrogen and oxygen atoms in total. The molecule has 0 saturated heterocycles. The van der Waals surface area contributed by atoms with E-state index in [1.807, 2.05) is 6.07 Å². The summed E-state index contributed by atoms with van der Waals surface area (Å²) in [6, 6.07) is 4.04. The number of rotatable bonds is 5. The quantitative estimate of drug-likeness (QED) is 0.715. The predicted octanol–water partition coefficient (Wildman–Crippen LogP) is 0.234. The van der Waals surface area contributed by atoms with Gasteiger partial charge in [-0.2, -0.15) is 0 Å². The number of aliphatic carboxylic acids is 1. The topological polar surface area (TPSA) is 109 Å². The summed E-state index contributed by atoms with van der Waals surface area (Å²) in [5, 5.41) is 11.3. The van der Waals surface area contributed by atoms with Gasteiger partial charge in [-0.05, 0) is 42.5 Å². The number of nitrogens with one attached hydrogen (secondary N) is 1. The van der Waals surface area contributed by atoms with Crippen LogP contribution in [0.3, 0.4) is 0 Å². The summed E-state index contributed by atoms with van der Waals surface area (Å²) in [4.78, 5) is 33.8. The first-order valence-corrected chi connectivity index (χ1v) is 6.41. The van der Waals surface area contributed by atoms with Crippen molar-refractivity contribution in [2.24, 2.45) is 5.73 Å². The van der Waals surface area contributed by atoms with Gasteiger partial charge in [-0.3, -0.25) is 9.59 Å². The van der Waals surface area contributed by atoms with Crippen LogP contribution in [0.1, 0.15) is 34.3 Å². The van der Waals surface area contributed by atoms with Crippen molar-refractivity contribution in [2.75, 3.05) is 0 Å². The van der Waals surface area contributed by atoms with E-state index in [2.05, 4.69) is 5.32 Å². The van der Waals surface area contributed by atoms with E-state index in [1.165, 1.54) is 5.56 Å². The van der Waals surface area contributed by atoms with Crippen molar-refractivity contribution >= 4 is 17.8 Å². The van der Waals surface area contributed by atoms with Gasteiger partial charge < -0.3 is 16.2 Å². The number of aryl methyl sites for hydroxylation is 2. The number of carbonyl (C=O) groups excluding carboxylic acids is 2. The summed E-state index contributed by atoms with van der Waals surface area (Å²) in [6.45, 7) is 0. The van der Waals surface area contributed by atoms with Gasteiger partial charge in [0, 0.05) is 5.56 Å². The van der Waals surface area contributed by atoms with Crippen molar-refractivity contribution < 1.29 is 19.5 Å². The van der Waals surface area contributed by atoms with Gasteiger partial charge in [0.25, 0.3) is 5.91 Å². The standard InChI is InChI=1S/C14H16N2O4/c15-12(17)7-11(14(19)20)16-13(18)10-5-4-8-2-1-3-9(8)6-10/h4-6,11H,1-3,7H2,(H2,15,17)(H,16,18)(H,19,20)/t11-/m0/s1. The average Bonchev–Trinajstić information content (AvgIpc) is 2.84. The highest BCUT2D eigenvalue weighted by Gasteiger charge is 2.23. The molecule has 1 aromatic carbocycles. The van der Waals surface area contributed by atoms with E-state index in [0.29, 0.717) is 5.56 Å². The lowest BCUT2D eigenvalue weighted by molar-refractivity contribution is -0.140. The van der Waals surface area contributed by atoms with Gasteiger partial charge in [0.15, 0.2) is 0 Å². The SMILES string of the molecule is NC(=O)C[C@H](NC(=O)c1ccc2c(c1)CCC2)C(=O)O. The molecule has 0 unspecified atom stereocenters. The maximum atomic E-state index is 12.0. The van der Waals surface area contributed by atoms with E-state index in [1.54, 1.807) is 12.1 Å². The Kier molecular flexibility index (Phi) is 4.02. The highest BCUT2D eigenvalue weighted by molar-refractivity contribution is 5.97. The highest BCUT2D eigenvalue weighted by atomic mass is 16.4. The number of carboxylic acids is 1. The molecule has 20 heavy (non-hydrogen) atoms. The monoisotopic (exact) mass is 276 g/mol. The van der Waals surface area contributed by atoms with Crippen LogP contribution in [0.15, 0.2) is 18.2 Å². The Morgan fingerprint density at radius 3 is 2.60 bits per heavy atom. The molecule has 0 fully saturated rings. The number of hydrogen-bond acceptors (Lipinski definition) is 3. The molecule has 0 heterocycles. The van der Waals surface area contributed by atoms with Gasteiger partial charge >= 0.3 is 5.97 Å². The first-order chi connectivity index (χ1) is 9.47. The Bertz CT molecular complexity index is 568. The smallest absolute Gasteiger partial charge is 0.326 e. The molecule has 1 aliphatic rings. The number of nitrogens with two attached hydrogens (primary N) is 1. The minimum Gasteiger partial charge on any atom is -0.480 e. The van der Waals surface area contributed by atoms with Crippen LogP contribution >= 0.6 is 0 Å². The maximum absolute atomic E-state index is 12.0. The van der Waals surface area contributed by atoms with Crippen LogP contribution in [0.4, 0.5) is 0 Å². The van der Waals surface area contributed by atoms with E-state index in [9.17, 15) is 14.4 Å². The molecule has 1 aliphatic carbocycles. The molecule has 1 atom stereocenters. The minimum atomic E-state index is -1.30. The summed E-state index contributed by atoms with van der Waals surface area (Å²) in [5.74, 6) is -2.56. The van der Waals surface area contributed by atoms with Gasteiger partial charge in [0.2, 0.25) is 5.91 Å². The third-order valence-corrected chi connectivity index (χ3v) is 3.37. The third-order valence-electron chi connectivity index (χ3n) is 3.37. The van der Waals surface area contributed by atoms with Crippen LogP contribution in [0.25, 0.3) is 0 Å². The van der Waals surface area contributed by atoms with E-state index in [0.717, 1.165) is 24.8 Å².